The lowest BCUT2D eigenvalue weighted by Gasteiger charge is -2.32. The molecule has 0 bridgehead atoms. The fourth-order valence-electron chi connectivity index (χ4n) is 5.13. The van der Waals surface area contributed by atoms with Gasteiger partial charge in [0.25, 0.3) is 0 Å². The summed E-state index contributed by atoms with van der Waals surface area (Å²) in [5, 5.41) is 8.70. The van der Waals surface area contributed by atoms with Gasteiger partial charge in [0.15, 0.2) is 0 Å². The molecular formula is C29H36N4O4. The van der Waals surface area contributed by atoms with Gasteiger partial charge < -0.3 is 20.9 Å². The Balaban J connectivity index is 1.66. The van der Waals surface area contributed by atoms with Gasteiger partial charge in [0.2, 0.25) is 23.6 Å². The number of fused-ring (bicyclic) bond motifs is 1. The first kappa shape index (κ1) is 26.4. The molecule has 2 aliphatic rings. The third-order valence-electron chi connectivity index (χ3n) is 6.99. The van der Waals surface area contributed by atoms with E-state index in [0.717, 1.165) is 11.1 Å². The Morgan fingerprint density at radius 2 is 1.24 bits per heavy atom. The fourth-order valence-corrected chi connectivity index (χ4v) is 5.13. The third-order valence-corrected chi connectivity index (χ3v) is 6.99. The number of nitrogens with one attached hydrogen (secondary N) is 3. The van der Waals surface area contributed by atoms with Crippen molar-refractivity contribution >= 4 is 23.6 Å². The maximum Gasteiger partial charge on any atom is 0.246 e. The summed E-state index contributed by atoms with van der Waals surface area (Å²) < 4.78 is 0. The number of benzene rings is 2. The summed E-state index contributed by atoms with van der Waals surface area (Å²) in [5.41, 5.74) is 1.79. The molecule has 0 unspecified atom stereocenters. The lowest BCUT2D eigenvalue weighted by Crippen LogP contribution is -2.62. The minimum atomic E-state index is -0.866. The predicted molar refractivity (Wildman–Crippen MR) is 140 cm³/mol. The Bertz CT molecular complexity index is 1110. The van der Waals surface area contributed by atoms with E-state index in [2.05, 4.69) is 16.0 Å². The van der Waals surface area contributed by atoms with Gasteiger partial charge in [-0.05, 0) is 36.3 Å². The first-order chi connectivity index (χ1) is 17.8. The summed E-state index contributed by atoms with van der Waals surface area (Å²) >= 11 is 0. The molecule has 8 heteroatoms. The van der Waals surface area contributed by atoms with Crippen LogP contribution in [0.3, 0.4) is 0 Å². The maximum absolute atomic E-state index is 13.7. The molecule has 2 aromatic rings. The van der Waals surface area contributed by atoms with Gasteiger partial charge in [-0.1, -0.05) is 74.5 Å². The van der Waals surface area contributed by atoms with Crippen molar-refractivity contribution in [2.45, 2.75) is 70.1 Å². The van der Waals surface area contributed by atoms with Crippen LogP contribution >= 0.6 is 0 Å². The number of hydrogen-bond donors (Lipinski definition) is 3. The topological polar surface area (TPSA) is 108 Å². The summed E-state index contributed by atoms with van der Waals surface area (Å²) in [6, 6.07) is 15.7. The Hall–Kier alpha value is -3.68. The molecule has 0 aliphatic carbocycles. The number of rotatable bonds is 6. The maximum atomic E-state index is 13.7. The standard InChI is InChI=1S/C29H36N4O4/c1-19(2)16-22-26(34)32-24(18-21-12-7-4-8-13-21)29(37)33-15-9-14-25(33)28(36)31-23(27(35)30-22)17-20-10-5-3-6-11-20/h3-8,10-13,19,22-25H,9,14-18H2,1-2H3,(H,30,35)(H,31,36)(H,32,34)/t22-,23+,24+,25-/m1/s1. The van der Waals surface area contributed by atoms with E-state index < -0.39 is 36.0 Å². The Morgan fingerprint density at radius 1 is 0.730 bits per heavy atom. The molecule has 2 aliphatic heterocycles. The molecule has 2 saturated heterocycles. The minimum absolute atomic E-state index is 0.123. The number of amides is 4. The Kier molecular flexibility index (Phi) is 8.58. The molecule has 8 nitrogen and oxygen atoms in total. The lowest BCUT2D eigenvalue weighted by atomic mass is 9.99. The quantitative estimate of drug-likeness (QED) is 0.559. The SMILES string of the molecule is CC(C)C[C@H]1NC(=O)[C@H](Cc2ccccc2)NC(=O)[C@H]2CCCN2C(=O)[C@H](Cc2ccccc2)NC1=O. The zero-order valence-electron chi connectivity index (χ0n) is 21.5. The summed E-state index contributed by atoms with van der Waals surface area (Å²) in [5.74, 6) is -1.29. The lowest BCUT2D eigenvalue weighted by molar-refractivity contribution is -0.143. The van der Waals surface area contributed by atoms with Crippen LogP contribution in [0.1, 0.15) is 44.2 Å². The van der Waals surface area contributed by atoms with Crippen LogP contribution in [0.2, 0.25) is 0 Å². The van der Waals surface area contributed by atoms with Crippen LogP contribution in [0.25, 0.3) is 0 Å². The molecule has 0 radical (unpaired) electrons. The molecule has 2 heterocycles. The second-order valence-electron chi connectivity index (χ2n) is 10.4. The van der Waals surface area contributed by atoms with E-state index in [1.807, 2.05) is 74.5 Å². The fraction of sp³-hybridized carbons (Fsp3) is 0.448. The van der Waals surface area contributed by atoms with E-state index in [1.165, 1.54) is 0 Å². The van der Waals surface area contributed by atoms with Gasteiger partial charge in [-0.2, -0.15) is 0 Å². The largest absolute Gasteiger partial charge is 0.343 e. The number of carbonyl (C=O) groups excluding carboxylic acids is 4. The van der Waals surface area contributed by atoms with Gasteiger partial charge in [0, 0.05) is 19.4 Å². The number of nitrogens with zero attached hydrogens (tertiary/aromatic N) is 1. The zero-order chi connectivity index (χ0) is 26.4. The van der Waals surface area contributed by atoms with Crippen LogP contribution in [0, 0.1) is 5.92 Å². The molecule has 4 rings (SSSR count). The smallest absolute Gasteiger partial charge is 0.246 e. The van der Waals surface area contributed by atoms with Gasteiger partial charge >= 0.3 is 0 Å². The van der Waals surface area contributed by atoms with Crippen molar-refractivity contribution in [1.82, 2.24) is 20.9 Å². The third kappa shape index (κ3) is 6.76. The number of carbonyl (C=O) groups is 4. The van der Waals surface area contributed by atoms with Crippen molar-refractivity contribution in [3.63, 3.8) is 0 Å². The normalized spacial score (nSPS) is 25.0. The van der Waals surface area contributed by atoms with Crippen LogP contribution in [-0.2, 0) is 32.0 Å². The van der Waals surface area contributed by atoms with Crippen LogP contribution in [-0.4, -0.2) is 59.2 Å². The van der Waals surface area contributed by atoms with Gasteiger partial charge in [0.05, 0.1) is 0 Å². The molecule has 3 N–H and O–H groups in total. The summed E-state index contributed by atoms with van der Waals surface area (Å²) in [6.07, 6.45) is 2.18. The highest BCUT2D eigenvalue weighted by atomic mass is 16.2. The summed E-state index contributed by atoms with van der Waals surface area (Å²) in [6.45, 7) is 4.38. The predicted octanol–water partition coefficient (Wildman–Crippen LogP) is 1.98. The van der Waals surface area contributed by atoms with E-state index in [-0.39, 0.29) is 24.2 Å². The first-order valence-electron chi connectivity index (χ1n) is 13.1. The van der Waals surface area contributed by atoms with Crippen LogP contribution < -0.4 is 16.0 Å². The molecular weight excluding hydrogens is 468 g/mol. The summed E-state index contributed by atoms with van der Waals surface area (Å²) in [4.78, 5) is 55.7. The Labute approximate surface area is 218 Å². The van der Waals surface area contributed by atoms with Crippen molar-refractivity contribution in [3.05, 3.63) is 71.8 Å². The van der Waals surface area contributed by atoms with Crippen molar-refractivity contribution in [1.29, 1.82) is 0 Å². The van der Waals surface area contributed by atoms with Crippen LogP contribution in [0.5, 0.6) is 0 Å². The van der Waals surface area contributed by atoms with E-state index in [0.29, 0.717) is 32.2 Å². The van der Waals surface area contributed by atoms with Gasteiger partial charge in [-0.25, -0.2) is 0 Å². The first-order valence-corrected chi connectivity index (χ1v) is 13.1. The highest BCUT2D eigenvalue weighted by Gasteiger charge is 2.40. The number of hydrogen-bond acceptors (Lipinski definition) is 4. The van der Waals surface area contributed by atoms with Crippen molar-refractivity contribution < 1.29 is 19.2 Å². The molecule has 37 heavy (non-hydrogen) atoms. The highest BCUT2D eigenvalue weighted by Crippen LogP contribution is 2.21. The highest BCUT2D eigenvalue weighted by molar-refractivity contribution is 5.98. The average Bonchev–Trinajstić information content (AvgIpc) is 3.37. The van der Waals surface area contributed by atoms with Gasteiger partial charge in [-0.3, -0.25) is 19.2 Å². The second-order valence-corrected chi connectivity index (χ2v) is 10.4. The van der Waals surface area contributed by atoms with Crippen LogP contribution in [0.15, 0.2) is 60.7 Å². The van der Waals surface area contributed by atoms with Crippen molar-refractivity contribution in [3.8, 4) is 0 Å². The molecule has 2 aromatic carbocycles. The molecule has 4 atom stereocenters. The van der Waals surface area contributed by atoms with Gasteiger partial charge in [0.1, 0.15) is 24.2 Å². The molecule has 0 aromatic heterocycles. The molecule has 196 valence electrons. The summed E-state index contributed by atoms with van der Waals surface area (Å²) in [7, 11) is 0. The van der Waals surface area contributed by atoms with E-state index in [9.17, 15) is 19.2 Å². The monoisotopic (exact) mass is 504 g/mol. The molecule has 4 amide bonds. The molecule has 0 spiro atoms. The zero-order valence-corrected chi connectivity index (χ0v) is 21.5. The Morgan fingerprint density at radius 3 is 1.84 bits per heavy atom. The molecule has 2 fully saturated rings. The van der Waals surface area contributed by atoms with Crippen LogP contribution in [0.4, 0.5) is 0 Å². The van der Waals surface area contributed by atoms with E-state index in [1.54, 1.807) is 4.90 Å². The average molecular weight is 505 g/mol. The van der Waals surface area contributed by atoms with E-state index in [4.69, 9.17) is 0 Å². The second kappa shape index (κ2) is 12.0. The van der Waals surface area contributed by atoms with Crippen molar-refractivity contribution in [2.24, 2.45) is 5.92 Å². The van der Waals surface area contributed by atoms with E-state index >= 15 is 0 Å². The van der Waals surface area contributed by atoms with Gasteiger partial charge in [-0.15, -0.1) is 0 Å². The molecule has 0 saturated carbocycles. The minimum Gasteiger partial charge on any atom is -0.343 e. The van der Waals surface area contributed by atoms with Crippen molar-refractivity contribution in [2.75, 3.05) is 6.54 Å².